The summed E-state index contributed by atoms with van der Waals surface area (Å²) in [5.41, 5.74) is 1.49. The molecular weight excluding hydrogens is 316 g/mol. The van der Waals surface area contributed by atoms with Crippen molar-refractivity contribution in [1.82, 2.24) is 4.90 Å². The second-order valence-corrected chi connectivity index (χ2v) is 6.36. The number of benzene rings is 1. The molecule has 126 valence electrons. The smallest absolute Gasteiger partial charge is 0.255 e. The molecule has 2 aliphatic rings. The number of hydrogen-bond donors (Lipinski definition) is 1. The van der Waals surface area contributed by atoms with Crippen LogP contribution in [0.3, 0.4) is 0 Å². The fraction of sp³-hybridized carbons (Fsp3) is 0.588. The summed E-state index contributed by atoms with van der Waals surface area (Å²) in [7, 11) is 0. The van der Waals surface area contributed by atoms with Crippen LogP contribution in [-0.2, 0) is 9.47 Å². The molecule has 0 radical (unpaired) electrons. The molecule has 2 heterocycles. The minimum atomic E-state index is -0.0239. The van der Waals surface area contributed by atoms with Gasteiger partial charge in [-0.2, -0.15) is 0 Å². The summed E-state index contributed by atoms with van der Waals surface area (Å²) >= 11 is 6.31. The lowest BCUT2D eigenvalue weighted by Gasteiger charge is -2.27. The third-order valence-corrected chi connectivity index (χ3v) is 4.63. The molecule has 3 rings (SSSR count). The van der Waals surface area contributed by atoms with Crippen LogP contribution in [0.4, 0.5) is 5.69 Å². The molecule has 1 aromatic carbocycles. The number of nitrogens with zero attached hydrogens (tertiary/aromatic N) is 1. The van der Waals surface area contributed by atoms with Gasteiger partial charge in [-0.3, -0.25) is 4.79 Å². The van der Waals surface area contributed by atoms with Gasteiger partial charge in [0.2, 0.25) is 0 Å². The van der Waals surface area contributed by atoms with E-state index >= 15 is 0 Å². The van der Waals surface area contributed by atoms with E-state index in [9.17, 15) is 4.79 Å². The van der Waals surface area contributed by atoms with Gasteiger partial charge in [0.1, 0.15) is 0 Å². The topological polar surface area (TPSA) is 50.8 Å². The minimum absolute atomic E-state index is 0.0239. The van der Waals surface area contributed by atoms with Crippen LogP contribution >= 0.6 is 11.6 Å². The van der Waals surface area contributed by atoms with Crippen LogP contribution in [-0.4, -0.2) is 56.4 Å². The highest BCUT2D eigenvalue weighted by Gasteiger charge is 2.21. The van der Waals surface area contributed by atoms with Gasteiger partial charge < -0.3 is 19.7 Å². The van der Waals surface area contributed by atoms with Gasteiger partial charge in [0, 0.05) is 31.9 Å². The summed E-state index contributed by atoms with van der Waals surface area (Å²) in [5, 5.41) is 3.84. The maximum atomic E-state index is 12.5. The number of amides is 1. The van der Waals surface area contributed by atoms with E-state index in [1.54, 1.807) is 11.0 Å². The zero-order chi connectivity index (χ0) is 16.1. The van der Waals surface area contributed by atoms with Crippen LogP contribution in [0.15, 0.2) is 18.2 Å². The molecular formula is C17H23ClN2O3. The zero-order valence-electron chi connectivity index (χ0n) is 13.2. The van der Waals surface area contributed by atoms with E-state index in [2.05, 4.69) is 5.32 Å². The largest absolute Gasteiger partial charge is 0.385 e. The molecule has 0 spiro atoms. The minimum Gasteiger partial charge on any atom is -0.385 e. The molecule has 23 heavy (non-hydrogen) atoms. The van der Waals surface area contributed by atoms with Crippen LogP contribution in [0.1, 0.15) is 29.6 Å². The number of ether oxygens (including phenoxy) is 2. The second kappa shape index (κ2) is 7.99. The van der Waals surface area contributed by atoms with Crippen molar-refractivity contribution in [3.05, 3.63) is 28.8 Å². The first-order chi connectivity index (χ1) is 11.2. The molecule has 0 aliphatic carbocycles. The maximum Gasteiger partial charge on any atom is 0.255 e. The standard InChI is InChI=1S/C17H23ClN2O3/c18-16-12-13(19-6-5-14-2-1-9-23-14)3-4-15(16)17(21)20-7-10-22-11-8-20/h3-4,12,14,19H,1-2,5-11H2/t14-/m1/s1. The van der Waals surface area contributed by atoms with E-state index in [1.807, 2.05) is 12.1 Å². The highest BCUT2D eigenvalue weighted by Crippen LogP contribution is 2.23. The molecule has 1 N–H and O–H groups in total. The van der Waals surface area contributed by atoms with Gasteiger partial charge in [-0.25, -0.2) is 0 Å². The van der Waals surface area contributed by atoms with Crippen molar-refractivity contribution in [3.8, 4) is 0 Å². The Morgan fingerprint density at radius 2 is 2.13 bits per heavy atom. The molecule has 1 atom stereocenters. The number of hydrogen-bond acceptors (Lipinski definition) is 4. The summed E-state index contributed by atoms with van der Waals surface area (Å²) in [6.45, 7) is 4.15. The van der Waals surface area contributed by atoms with Crippen molar-refractivity contribution in [2.75, 3.05) is 44.8 Å². The molecule has 1 amide bonds. The lowest BCUT2D eigenvalue weighted by molar-refractivity contribution is 0.0303. The van der Waals surface area contributed by atoms with Gasteiger partial charge in [-0.1, -0.05) is 11.6 Å². The molecule has 6 heteroatoms. The van der Waals surface area contributed by atoms with Crippen molar-refractivity contribution in [3.63, 3.8) is 0 Å². The van der Waals surface area contributed by atoms with Crippen molar-refractivity contribution in [2.24, 2.45) is 0 Å². The van der Waals surface area contributed by atoms with Gasteiger partial charge in [-0.15, -0.1) is 0 Å². The van der Waals surface area contributed by atoms with E-state index in [1.165, 1.54) is 0 Å². The summed E-state index contributed by atoms with van der Waals surface area (Å²) in [6, 6.07) is 5.54. The molecule has 0 aromatic heterocycles. The summed E-state index contributed by atoms with van der Waals surface area (Å²) in [4.78, 5) is 14.3. The lowest BCUT2D eigenvalue weighted by atomic mass is 10.1. The number of halogens is 1. The third-order valence-electron chi connectivity index (χ3n) is 4.32. The molecule has 0 unspecified atom stereocenters. The van der Waals surface area contributed by atoms with Crippen molar-refractivity contribution in [2.45, 2.75) is 25.4 Å². The molecule has 0 bridgehead atoms. The predicted octanol–water partition coefficient (Wildman–Crippen LogP) is 2.79. The molecule has 2 fully saturated rings. The number of carbonyl (C=O) groups excluding carboxylic acids is 1. The third kappa shape index (κ3) is 4.37. The Balaban J connectivity index is 1.55. The normalized spacial score (nSPS) is 21.4. The Kier molecular flexibility index (Phi) is 5.75. The molecule has 5 nitrogen and oxygen atoms in total. The first-order valence-electron chi connectivity index (χ1n) is 8.26. The van der Waals surface area contributed by atoms with Crippen molar-refractivity contribution >= 4 is 23.2 Å². The van der Waals surface area contributed by atoms with Gasteiger partial charge >= 0.3 is 0 Å². The second-order valence-electron chi connectivity index (χ2n) is 5.95. The van der Waals surface area contributed by atoms with E-state index in [-0.39, 0.29) is 5.91 Å². The number of rotatable bonds is 5. The Morgan fingerprint density at radius 1 is 1.30 bits per heavy atom. The van der Waals surface area contributed by atoms with Gasteiger partial charge in [0.15, 0.2) is 0 Å². The van der Waals surface area contributed by atoms with E-state index < -0.39 is 0 Å². The Morgan fingerprint density at radius 3 is 2.83 bits per heavy atom. The molecule has 2 saturated heterocycles. The first kappa shape index (κ1) is 16.6. The van der Waals surface area contributed by atoms with E-state index in [4.69, 9.17) is 21.1 Å². The van der Waals surface area contributed by atoms with Gasteiger partial charge in [-0.05, 0) is 37.5 Å². The van der Waals surface area contributed by atoms with Crippen molar-refractivity contribution in [1.29, 1.82) is 0 Å². The average molecular weight is 339 g/mol. The van der Waals surface area contributed by atoms with Crippen LogP contribution in [0, 0.1) is 0 Å². The van der Waals surface area contributed by atoms with Gasteiger partial charge in [0.25, 0.3) is 5.91 Å². The molecule has 1 aromatic rings. The van der Waals surface area contributed by atoms with Crippen LogP contribution in [0.2, 0.25) is 5.02 Å². The van der Waals surface area contributed by atoms with Crippen molar-refractivity contribution < 1.29 is 14.3 Å². The Bertz CT molecular complexity index is 541. The first-order valence-corrected chi connectivity index (χ1v) is 8.64. The number of nitrogens with one attached hydrogen (secondary N) is 1. The van der Waals surface area contributed by atoms with E-state index in [0.717, 1.165) is 38.1 Å². The number of carbonyl (C=O) groups is 1. The fourth-order valence-corrected chi connectivity index (χ4v) is 3.25. The number of morpholine rings is 1. The molecule has 0 saturated carbocycles. The average Bonchev–Trinajstić information content (AvgIpc) is 3.09. The number of anilines is 1. The van der Waals surface area contributed by atoms with Crippen LogP contribution in [0.5, 0.6) is 0 Å². The fourth-order valence-electron chi connectivity index (χ4n) is 2.98. The monoisotopic (exact) mass is 338 g/mol. The lowest BCUT2D eigenvalue weighted by Crippen LogP contribution is -2.40. The zero-order valence-corrected chi connectivity index (χ0v) is 14.0. The van der Waals surface area contributed by atoms with Gasteiger partial charge in [0.05, 0.1) is 29.9 Å². The summed E-state index contributed by atoms with van der Waals surface area (Å²) in [5.74, 6) is -0.0239. The molecule has 2 aliphatic heterocycles. The highest BCUT2D eigenvalue weighted by molar-refractivity contribution is 6.34. The Hall–Kier alpha value is -1.30. The van der Waals surface area contributed by atoms with Crippen LogP contribution in [0.25, 0.3) is 0 Å². The predicted molar refractivity (Wildman–Crippen MR) is 90.3 cm³/mol. The van der Waals surface area contributed by atoms with Crippen LogP contribution < -0.4 is 5.32 Å². The summed E-state index contributed by atoms with van der Waals surface area (Å²) in [6.07, 6.45) is 3.68. The highest BCUT2D eigenvalue weighted by atomic mass is 35.5. The quantitative estimate of drug-likeness (QED) is 0.897. The summed E-state index contributed by atoms with van der Waals surface area (Å²) < 4.78 is 10.9. The Labute approximate surface area is 141 Å². The maximum absolute atomic E-state index is 12.5. The SMILES string of the molecule is O=C(c1ccc(NCC[C@H]2CCCO2)cc1Cl)N1CCOCC1. The van der Waals surface area contributed by atoms with E-state index in [0.29, 0.717) is 43.0 Å².